The first kappa shape index (κ1) is 20.1. The van der Waals surface area contributed by atoms with Crippen molar-refractivity contribution in [3.8, 4) is 0 Å². The lowest BCUT2D eigenvalue weighted by molar-refractivity contribution is 0.208. The predicted octanol–water partition coefficient (Wildman–Crippen LogP) is 4.13. The normalized spacial score (nSPS) is 14.5. The summed E-state index contributed by atoms with van der Waals surface area (Å²) < 4.78 is 0. The van der Waals surface area contributed by atoms with E-state index in [2.05, 4.69) is 55.0 Å². The van der Waals surface area contributed by atoms with Crippen molar-refractivity contribution in [1.29, 1.82) is 0 Å². The molecule has 6 heteroatoms. The summed E-state index contributed by atoms with van der Waals surface area (Å²) in [5.74, 6) is 2.19. The van der Waals surface area contributed by atoms with Gasteiger partial charge in [-0.2, -0.15) is 0 Å². The van der Waals surface area contributed by atoms with Crippen molar-refractivity contribution in [3.05, 3.63) is 46.9 Å². The molecule has 0 radical (unpaired) electrons. The van der Waals surface area contributed by atoms with Crippen LogP contribution in [0.3, 0.4) is 0 Å². The van der Waals surface area contributed by atoms with Gasteiger partial charge in [-0.1, -0.05) is 32.9 Å². The van der Waals surface area contributed by atoms with Gasteiger partial charge in [0.15, 0.2) is 0 Å². The van der Waals surface area contributed by atoms with Gasteiger partial charge in [0.05, 0.1) is 0 Å². The minimum absolute atomic E-state index is 0.0389. The molecule has 0 unspecified atom stereocenters. The molecule has 0 atom stereocenters. The Labute approximate surface area is 168 Å². The van der Waals surface area contributed by atoms with Crippen LogP contribution >= 0.6 is 0 Å². The zero-order valence-electron chi connectivity index (χ0n) is 17.6. The number of amides is 2. The Kier molecular flexibility index (Phi) is 6.17. The first-order chi connectivity index (χ1) is 13.4. The summed E-state index contributed by atoms with van der Waals surface area (Å²) in [7, 11) is 0. The van der Waals surface area contributed by atoms with Gasteiger partial charge in [0, 0.05) is 43.1 Å². The molecule has 3 rings (SSSR count). The molecule has 0 saturated carbocycles. The number of benzene rings is 1. The van der Waals surface area contributed by atoms with Crippen molar-refractivity contribution >= 4 is 17.5 Å². The second-order valence-corrected chi connectivity index (χ2v) is 7.70. The molecule has 2 heterocycles. The lowest BCUT2D eigenvalue weighted by Crippen LogP contribution is -2.50. The average molecular weight is 382 g/mol. The van der Waals surface area contributed by atoms with Crippen molar-refractivity contribution in [2.24, 2.45) is 0 Å². The molecule has 1 aliphatic rings. The molecule has 0 bridgehead atoms. The van der Waals surface area contributed by atoms with Crippen LogP contribution in [0.4, 0.5) is 16.3 Å². The van der Waals surface area contributed by atoms with Gasteiger partial charge < -0.3 is 15.1 Å². The standard InChI is InChI=1S/C22H31N5O/c1-6-18-7-9-19(10-8-18)25-22(28)27-13-11-26(12-14-27)21-20(15(2)3)16(4)23-17(5)24-21/h7-10,15H,6,11-14H2,1-5H3,(H,25,28). The molecule has 2 amide bonds. The number of hydrogen-bond acceptors (Lipinski definition) is 4. The molecule has 28 heavy (non-hydrogen) atoms. The van der Waals surface area contributed by atoms with Gasteiger partial charge in [0.25, 0.3) is 0 Å². The number of aromatic nitrogens is 2. The van der Waals surface area contributed by atoms with Crippen molar-refractivity contribution in [2.45, 2.75) is 47.0 Å². The monoisotopic (exact) mass is 381 g/mol. The third-order valence-electron chi connectivity index (χ3n) is 5.29. The van der Waals surface area contributed by atoms with Crippen LogP contribution in [0, 0.1) is 13.8 Å². The number of nitrogens with zero attached hydrogens (tertiary/aromatic N) is 4. The average Bonchev–Trinajstić information content (AvgIpc) is 2.67. The fraction of sp³-hybridized carbons (Fsp3) is 0.500. The number of carbonyl (C=O) groups is 1. The Hall–Kier alpha value is -2.63. The summed E-state index contributed by atoms with van der Waals surface area (Å²) in [6.07, 6.45) is 0.997. The summed E-state index contributed by atoms with van der Waals surface area (Å²) in [4.78, 5) is 26.1. The van der Waals surface area contributed by atoms with Crippen LogP contribution in [0.2, 0.25) is 0 Å². The Morgan fingerprint density at radius 2 is 1.71 bits per heavy atom. The smallest absolute Gasteiger partial charge is 0.321 e. The third-order valence-corrected chi connectivity index (χ3v) is 5.29. The summed E-state index contributed by atoms with van der Waals surface area (Å²) in [6, 6.07) is 8.01. The number of hydrogen-bond donors (Lipinski definition) is 1. The summed E-state index contributed by atoms with van der Waals surface area (Å²) in [5.41, 5.74) is 4.37. The molecule has 150 valence electrons. The van der Waals surface area contributed by atoms with Gasteiger partial charge in [0.1, 0.15) is 11.6 Å². The van der Waals surface area contributed by atoms with Crippen molar-refractivity contribution in [1.82, 2.24) is 14.9 Å². The second-order valence-electron chi connectivity index (χ2n) is 7.70. The van der Waals surface area contributed by atoms with Crippen LogP contribution in [0.15, 0.2) is 24.3 Å². The molecule has 0 aliphatic carbocycles. The highest BCUT2D eigenvalue weighted by atomic mass is 16.2. The first-order valence-electron chi connectivity index (χ1n) is 10.1. The van der Waals surface area contributed by atoms with Gasteiger partial charge >= 0.3 is 6.03 Å². The van der Waals surface area contributed by atoms with E-state index in [0.717, 1.165) is 42.5 Å². The second kappa shape index (κ2) is 8.59. The van der Waals surface area contributed by atoms with Crippen LogP contribution in [-0.4, -0.2) is 47.1 Å². The van der Waals surface area contributed by atoms with E-state index in [1.807, 2.05) is 24.0 Å². The van der Waals surface area contributed by atoms with E-state index in [-0.39, 0.29) is 6.03 Å². The minimum Gasteiger partial charge on any atom is -0.353 e. The Morgan fingerprint density at radius 1 is 1.07 bits per heavy atom. The molecular formula is C22H31N5O. The molecule has 1 aromatic carbocycles. The summed E-state index contributed by atoms with van der Waals surface area (Å²) in [6.45, 7) is 13.4. The largest absolute Gasteiger partial charge is 0.353 e. The van der Waals surface area contributed by atoms with Crippen LogP contribution < -0.4 is 10.2 Å². The number of rotatable bonds is 4. The van der Waals surface area contributed by atoms with Crippen LogP contribution in [0.5, 0.6) is 0 Å². The van der Waals surface area contributed by atoms with Crippen molar-refractivity contribution in [3.63, 3.8) is 0 Å². The van der Waals surface area contributed by atoms with Gasteiger partial charge in [-0.15, -0.1) is 0 Å². The van der Waals surface area contributed by atoms with Gasteiger partial charge in [-0.25, -0.2) is 14.8 Å². The number of aryl methyl sites for hydroxylation is 3. The summed E-state index contributed by atoms with van der Waals surface area (Å²) >= 11 is 0. The topological polar surface area (TPSA) is 61.4 Å². The highest BCUT2D eigenvalue weighted by Crippen LogP contribution is 2.29. The molecule has 1 saturated heterocycles. The maximum atomic E-state index is 12.6. The Morgan fingerprint density at radius 3 is 2.29 bits per heavy atom. The fourth-order valence-corrected chi connectivity index (χ4v) is 3.77. The van der Waals surface area contributed by atoms with E-state index in [0.29, 0.717) is 19.0 Å². The predicted molar refractivity (Wildman–Crippen MR) is 114 cm³/mol. The van der Waals surface area contributed by atoms with Crippen LogP contribution in [0.1, 0.15) is 49.3 Å². The van der Waals surface area contributed by atoms with E-state index >= 15 is 0 Å². The maximum Gasteiger partial charge on any atom is 0.321 e. The summed E-state index contributed by atoms with van der Waals surface area (Å²) in [5, 5.41) is 3.01. The Bertz CT molecular complexity index is 824. The number of urea groups is 1. The zero-order chi connectivity index (χ0) is 20.3. The molecule has 1 N–H and O–H groups in total. The zero-order valence-corrected chi connectivity index (χ0v) is 17.6. The third kappa shape index (κ3) is 4.43. The van der Waals surface area contributed by atoms with Crippen LogP contribution in [0.25, 0.3) is 0 Å². The maximum absolute atomic E-state index is 12.6. The van der Waals surface area contributed by atoms with Crippen molar-refractivity contribution < 1.29 is 4.79 Å². The molecule has 1 aliphatic heterocycles. The fourth-order valence-electron chi connectivity index (χ4n) is 3.77. The minimum atomic E-state index is -0.0389. The molecule has 1 fully saturated rings. The van der Waals surface area contributed by atoms with E-state index in [9.17, 15) is 4.79 Å². The molecular weight excluding hydrogens is 350 g/mol. The highest BCUT2D eigenvalue weighted by Gasteiger charge is 2.25. The van der Waals surface area contributed by atoms with Crippen LogP contribution in [-0.2, 0) is 6.42 Å². The number of piperazine rings is 1. The lowest BCUT2D eigenvalue weighted by Gasteiger charge is -2.36. The number of anilines is 2. The van der Waals surface area contributed by atoms with Gasteiger partial charge in [-0.3, -0.25) is 0 Å². The molecule has 2 aromatic rings. The quantitative estimate of drug-likeness (QED) is 0.865. The van der Waals surface area contributed by atoms with E-state index in [1.165, 1.54) is 11.1 Å². The van der Waals surface area contributed by atoms with Gasteiger partial charge in [0.2, 0.25) is 0 Å². The SMILES string of the molecule is CCc1ccc(NC(=O)N2CCN(c3nc(C)nc(C)c3C(C)C)CC2)cc1. The number of carbonyl (C=O) groups excluding carboxylic acids is 1. The first-order valence-corrected chi connectivity index (χ1v) is 10.1. The van der Waals surface area contributed by atoms with E-state index in [4.69, 9.17) is 4.98 Å². The number of nitrogens with one attached hydrogen (secondary N) is 1. The Balaban J connectivity index is 1.65. The van der Waals surface area contributed by atoms with E-state index < -0.39 is 0 Å². The molecule has 6 nitrogen and oxygen atoms in total. The van der Waals surface area contributed by atoms with Gasteiger partial charge in [-0.05, 0) is 43.9 Å². The van der Waals surface area contributed by atoms with Crippen molar-refractivity contribution in [2.75, 3.05) is 36.4 Å². The lowest BCUT2D eigenvalue weighted by atomic mass is 10.0. The molecule has 1 aromatic heterocycles. The van der Waals surface area contributed by atoms with E-state index in [1.54, 1.807) is 0 Å². The molecule has 0 spiro atoms. The highest BCUT2D eigenvalue weighted by molar-refractivity contribution is 5.89.